The Kier molecular flexibility index (Phi) is 8.39. The first-order valence-corrected chi connectivity index (χ1v) is 10.1. The summed E-state index contributed by atoms with van der Waals surface area (Å²) in [7, 11) is 0.894. The lowest BCUT2D eigenvalue weighted by atomic mass is 9.98. The lowest BCUT2D eigenvalue weighted by Crippen LogP contribution is -2.43. The van der Waals surface area contributed by atoms with Crippen LogP contribution in [0.1, 0.15) is 27.0 Å². The molecular formula is C20H13Cl3F6N2O3. The number of allylic oxidation sites excluding steroid dienone is 2. The fourth-order valence-electron chi connectivity index (χ4n) is 2.84. The number of hydrogen-bond donors (Lipinski definition) is 2. The molecule has 0 aliphatic rings. The molecule has 2 amide bonds. The highest BCUT2D eigenvalue weighted by atomic mass is 35.5. The Morgan fingerprint density at radius 1 is 1.03 bits per heavy atom. The first-order chi connectivity index (χ1) is 15.5. The van der Waals surface area contributed by atoms with Crippen LogP contribution in [0.4, 0.5) is 31.1 Å². The van der Waals surface area contributed by atoms with Gasteiger partial charge in [-0.1, -0.05) is 46.9 Å². The maximum absolute atomic E-state index is 13.6. The van der Waals surface area contributed by atoms with Crippen LogP contribution in [0.15, 0.2) is 36.4 Å². The standard InChI is InChI=1S/C20H13Cl3F6N2O3/c1-31(30-18(33)34)17(32)11-4-2-9(6-13(11)20(27,28)29)3-5-12(19(24,25)26)10-7-14(21)16(23)15(22)8-10/h2,4-8,30H,3H2,1H3,(H,33,34). The largest absolute Gasteiger partial charge is 0.464 e. The topological polar surface area (TPSA) is 69.6 Å². The van der Waals surface area contributed by atoms with E-state index in [0.717, 1.165) is 31.3 Å². The van der Waals surface area contributed by atoms with Crippen LogP contribution in [-0.4, -0.2) is 35.3 Å². The van der Waals surface area contributed by atoms with Crippen LogP contribution in [0.5, 0.6) is 0 Å². The van der Waals surface area contributed by atoms with Crippen molar-refractivity contribution in [1.82, 2.24) is 10.4 Å². The molecule has 0 aromatic heterocycles. The van der Waals surface area contributed by atoms with Crippen LogP contribution >= 0.6 is 34.8 Å². The number of hydrazine groups is 1. The summed E-state index contributed by atoms with van der Waals surface area (Å²) < 4.78 is 81.5. The Bertz CT molecular complexity index is 1130. The van der Waals surface area contributed by atoms with Crippen LogP contribution in [-0.2, 0) is 12.6 Å². The van der Waals surface area contributed by atoms with Gasteiger partial charge in [-0.15, -0.1) is 0 Å². The summed E-state index contributed by atoms with van der Waals surface area (Å²) in [4.78, 5) is 22.9. The molecule has 2 aromatic carbocycles. The highest BCUT2D eigenvalue weighted by Gasteiger charge is 2.37. The molecule has 5 nitrogen and oxygen atoms in total. The number of halogens is 9. The maximum atomic E-state index is 13.6. The molecule has 0 saturated heterocycles. The Morgan fingerprint density at radius 2 is 1.59 bits per heavy atom. The molecule has 0 radical (unpaired) electrons. The fraction of sp³-hybridized carbons (Fsp3) is 0.200. The second-order valence-electron chi connectivity index (χ2n) is 6.73. The van der Waals surface area contributed by atoms with E-state index in [9.17, 15) is 35.9 Å². The first kappa shape index (κ1) is 27.6. The second-order valence-corrected chi connectivity index (χ2v) is 7.92. The van der Waals surface area contributed by atoms with E-state index in [4.69, 9.17) is 39.9 Å². The maximum Gasteiger partial charge on any atom is 0.423 e. The summed E-state index contributed by atoms with van der Waals surface area (Å²) in [5.74, 6) is -1.32. The summed E-state index contributed by atoms with van der Waals surface area (Å²) in [5.41, 5.74) is -2.63. The first-order valence-electron chi connectivity index (χ1n) is 8.92. The number of nitrogens with one attached hydrogen (secondary N) is 1. The Hall–Kier alpha value is -2.63. The molecule has 0 spiro atoms. The number of amides is 2. The van der Waals surface area contributed by atoms with E-state index >= 15 is 0 Å². The zero-order chi connectivity index (χ0) is 26.0. The summed E-state index contributed by atoms with van der Waals surface area (Å²) in [6.45, 7) is 0. The summed E-state index contributed by atoms with van der Waals surface area (Å²) in [5, 5.41) is 8.30. The number of rotatable bonds is 4. The molecule has 184 valence electrons. The highest BCUT2D eigenvalue weighted by molar-refractivity contribution is 6.48. The minimum atomic E-state index is -5.06. The molecule has 0 heterocycles. The van der Waals surface area contributed by atoms with Gasteiger partial charge in [0.25, 0.3) is 5.91 Å². The average Bonchev–Trinajstić information content (AvgIpc) is 2.69. The molecule has 2 N–H and O–H groups in total. The number of hydrogen-bond acceptors (Lipinski definition) is 2. The van der Waals surface area contributed by atoms with Gasteiger partial charge in [0.1, 0.15) is 0 Å². The molecule has 0 aliphatic heterocycles. The molecule has 0 saturated carbocycles. The quantitative estimate of drug-likeness (QED) is 0.243. The molecule has 0 bridgehead atoms. The lowest BCUT2D eigenvalue weighted by molar-refractivity contribution is -0.138. The van der Waals surface area contributed by atoms with Crippen molar-refractivity contribution in [3.8, 4) is 0 Å². The predicted molar refractivity (Wildman–Crippen MR) is 114 cm³/mol. The number of carbonyl (C=O) groups is 2. The highest BCUT2D eigenvalue weighted by Crippen LogP contribution is 2.40. The van der Waals surface area contributed by atoms with Gasteiger partial charge in [0.15, 0.2) is 0 Å². The van der Waals surface area contributed by atoms with Crippen LogP contribution in [0.3, 0.4) is 0 Å². The van der Waals surface area contributed by atoms with Crippen LogP contribution < -0.4 is 5.43 Å². The van der Waals surface area contributed by atoms with Crippen molar-refractivity contribution in [2.24, 2.45) is 0 Å². The second kappa shape index (κ2) is 10.3. The Morgan fingerprint density at radius 3 is 2.06 bits per heavy atom. The van der Waals surface area contributed by atoms with Crippen molar-refractivity contribution in [1.29, 1.82) is 0 Å². The third-order valence-electron chi connectivity index (χ3n) is 4.33. The van der Waals surface area contributed by atoms with E-state index in [-0.39, 0.29) is 20.6 Å². The van der Waals surface area contributed by atoms with Crippen LogP contribution in [0, 0.1) is 0 Å². The fourth-order valence-corrected chi connectivity index (χ4v) is 3.44. The average molecular weight is 550 g/mol. The molecule has 2 aromatic rings. The van der Waals surface area contributed by atoms with E-state index in [1.807, 2.05) is 0 Å². The zero-order valence-corrected chi connectivity index (χ0v) is 19.1. The number of carboxylic acid groups (broad SMARTS) is 1. The summed E-state index contributed by atoms with van der Waals surface area (Å²) in [6.07, 6.45) is -11.6. The van der Waals surface area contributed by atoms with Crippen molar-refractivity contribution in [3.05, 3.63) is 73.7 Å². The van der Waals surface area contributed by atoms with Gasteiger partial charge in [-0.3, -0.25) is 9.80 Å². The van der Waals surface area contributed by atoms with Gasteiger partial charge in [-0.25, -0.2) is 10.2 Å². The van der Waals surface area contributed by atoms with E-state index in [1.165, 1.54) is 0 Å². The van der Waals surface area contributed by atoms with Gasteiger partial charge in [-0.2, -0.15) is 26.3 Å². The zero-order valence-electron chi connectivity index (χ0n) is 16.8. The van der Waals surface area contributed by atoms with E-state index in [1.54, 1.807) is 5.43 Å². The Labute approximate surface area is 203 Å². The monoisotopic (exact) mass is 548 g/mol. The SMILES string of the molecule is CN(NC(=O)O)C(=O)c1ccc(CC=C(c2cc(Cl)c(Cl)c(Cl)c2)C(F)(F)F)cc1C(F)(F)F. The number of nitrogens with zero attached hydrogens (tertiary/aromatic N) is 1. The summed E-state index contributed by atoms with van der Waals surface area (Å²) in [6, 6.07) is 4.11. The number of carbonyl (C=O) groups excluding carboxylic acids is 1. The van der Waals surface area contributed by atoms with Gasteiger partial charge in [0.05, 0.1) is 31.8 Å². The van der Waals surface area contributed by atoms with Gasteiger partial charge in [-0.05, 0) is 41.8 Å². The number of benzene rings is 2. The molecular weight excluding hydrogens is 537 g/mol. The van der Waals surface area contributed by atoms with E-state index in [0.29, 0.717) is 17.2 Å². The van der Waals surface area contributed by atoms with Crippen molar-refractivity contribution >= 4 is 52.4 Å². The molecule has 0 aliphatic carbocycles. The van der Waals surface area contributed by atoms with Gasteiger partial charge >= 0.3 is 18.4 Å². The third-order valence-corrected chi connectivity index (χ3v) is 5.53. The smallest absolute Gasteiger partial charge is 0.423 e. The Balaban J connectivity index is 2.51. The van der Waals surface area contributed by atoms with Crippen LogP contribution in [0.25, 0.3) is 5.57 Å². The predicted octanol–water partition coefficient (Wildman–Crippen LogP) is 7.11. The van der Waals surface area contributed by atoms with Crippen molar-refractivity contribution in [2.45, 2.75) is 18.8 Å². The third kappa shape index (κ3) is 6.71. The van der Waals surface area contributed by atoms with E-state index < -0.39 is 53.0 Å². The molecule has 0 atom stereocenters. The lowest BCUT2D eigenvalue weighted by Gasteiger charge is -2.20. The molecule has 14 heteroatoms. The van der Waals surface area contributed by atoms with Gasteiger partial charge in [0.2, 0.25) is 0 Å². The van der Waals surface area contributed by atoms with Gasteiger partial charge < -0.3 is 5.11 Å². The van der Waals surface area contributed by atoms with E-state index in [2.05, 4.69) is 0 Å². The normalized spacial score (nSPS) is 12.5. The van der Waals surface area contributed by atoms with Crippen molar-refractivity contribution < 1.29 is 41.0 Å². The number of alkyl halides is 6. The van der Waals surface area contributed by atoms with Crippen LogP contribution in [0.2, 0.25) is 15.1 Å². The van der Waals surface area contributed by atoms with Gasteiger partial charge in [0, 0.05) is 7.05 Å². The molecule has 0 unspecified atom stereocenters. The minimum Gasteiger partial charge on any atom is -0.464 e. The molecule has 0 fully saturated rings. The minimum absolute atomic E-state index is 0.161. The van der Waals surface area contributed by atoms with Crippen molar-refractivity contribution in [3.63, 3.8) is 0 Å². The van der Waals surface area contributed by atoms with Crippen molar-refractivity contribution in [2.75, 3.05) is 7.05 Å². The summed E-state index contributed by atoms with van der Waals surface area (Å²) >= 11 is 17.3. The molecule has 2 rings (SSSR count). The molecule has 34 heavy (non-hydrogen) atoms.